The summed E-state index contributed by atoms with van der Waals surface area (Å²) in [7, 11) is 0. The van der Waals surface area contributed by atoms with Crippen molar-refractivity contribution in [2.75, 3.05) is 0 Å². The van der Waals surface area contributed by atoms with Crippen LogP contribution in [-0.2, 0) is 10.2 Å². The van der Waals surface area contributed by atoms with E-state index in [-0.39, 0.29) is 5.91 Å². The van der Waals surface area contributed by atoms with E-state index < -0.39 is 5.41 Å². The lowest BCUT2D eigenvalue weighted by Crippen LogP contribution is -2.41. The summed E-state index contributed by atoms with van der Waals surface area (Å²) in [5.74, 6) is -0.280. The van der Waals surface area contributed by atoms with Gasteiger partial charge in [-0.25, -0.2) is 0 Å². The molecule has 1 atom stereocenters. The Morgan fingerprint density at radius 2 is 2.00 bits per heavy atom. The second-order valence-corrected chi connectivity index (χ2v) is 5.39. The van der Waals surface area contributed by atoms with Crippen LogP contribution in [0.5, 0.6) is 0 Å². The fraction of sp³-hybridized carbons (Fsp3) is 0.267. The van der Waals surface area contributed by atoms with E-state index in [1.165, 1.54) is 5.56 Å². The quantitative estimate of drug-likeness (QED) is 0.900. The predicted octanol–water partition coefficient (Wildman–Crippen LogP) is 3.24. The molecule has 1 amide bonds. The van der Waals surface area contributed by atoms with Crippen LogP contribution in [0.4, 0.5) is 0 Å². The van der Waals surface area contributed by atoms with Crippen LogP contribution in [-0.4, -0.2) is 5.91 Å². The predicted molar refractivity (Wildman–Crippen MR) is 75.8 cm³/mol. The summed E-state index contributed by atoms with van der Waals surface area (Å²) in [6.07, 6.45) is 0.673. The number of benzene rings is 1. The first kappa shape index (κ1) is 12.8. The molecule has 0 aliphatic carbocycles. The van der Waals surface area contributed by atoms with Crippen LogP contribution < -0.4 is 5.73 Å². The number of amides is 1. The highest BCUT2D eigenvalue weighted by molar-refractivity contribution is 7.10. The Morgan fingerprint density at radius 3 is 2.44 bits per heavy atom. The maximum Gasteiger partial charge on any atom is 0.233 e. The number of carbonyl (C=O) groups is 1. The molecule has 1 aromatic carbocycles. The molecule has 2 aromatic rings. The van der Waals surface area contributed by atoms with Gasteiger partial charge in [-0.15, -0.1) is 11.3 Å². The van der Waals surface area contributed by atoms with Gasteiger partial charge >= 0.3 is 0 Å². The van der Waals surface area contributed by atoms with E-state index in [0.717, 1.165) is 10.4 Å². The molecule has 18 heavy (non-hydrogen) atoms. The highest BCUT2D eigenvalue weighted by Crippen LogP contribution is 2.38. The van der Waals surface area contributed by atoms with Gasteiger partial charge in [0, 0.05) is 4.88 Å². The Bertz CT molecular complexity index is 547. The van der Waals surface area contributed by atoms with Crippen LogP contribution in [0.25, 0.3) is 0 Å². The highest BCUT2D eigenvalue weighted by atomic mass is 32.1. The molecule has 0 aliphatic rings. The van der Waals surface area contributed by atoms with Crippen molar-refractivity contribution in [3.63, 3.8) is 0 Å². The molecule has 0 radical (unpaired) electrons. The molecule has 3 heteroatoms. The van der Waals surface area contributed by atoms with E-state index in [0.29, 0.717) is 6.42 Å². The zero-order valence-electron chi connectivity index (χ0n) is 10.6. The molecule has 94 valence electrons. The van der Waals surface area contributed by atoms with E-state index in [1.807, 2.05) is 44.2 Å². The zero-order valence-corrected chi connectivity index (χ0v) is 11.5. The summed E-state index contributed by atoms with van der Waals surface area (Å²) in [6.45, 7) is 4.04. The van der Waals surface area contributed by atoms with Crippen molar-refractivity contribution in [1.82, 2.24) is 0 Å². The van der Waals surface area contributed by atoms with Crippen molar-refractivity contribution in [2.24, 2.45) is 5.73 Å². The van der Waals surface area contributed by atoms with E-state index in [4.69, 9.17) is 5.73 Å². The Balaban J connectivity index is 2.64. The average molecular weight is 259 g/mol. The lowest BCUT2D eigenvalue weighted by molar-refractivity contribution is -0.122. The zero-order chi connectivity index (χ0) is 13.2. The number of hydrogen-bond acceptors (Lipinski definition) is 2. The van der Waals surface area contributed by atoms with Gasteiger partial charge in [0.2, 0.25) is 5.91 Å². The van der Waals surface area contributed by atoms with E-state index in [9.17, 15) is 4.79 Å². The first-order valence-corrected chi connectivity index (χ1v) is 6.90. The summed E-state index contributed by atoms with van der Waals surface area (Å²) in [4.78, 5) is 13.1. The minimum atomic E-state index is -0.694. The molecule has 0 spiro atoms. The standard InChI is InChI=1S/C15H17NOS/c1-3-15(14(16)17,12-7-5-4-6-8-12)13-9-11(2)10-18-13/h4-10H,3H2,1-2H3,(H2,16,17). The minimum absolute atomic E-state index is 0.280. The van der Waals surface area contributed by atoms with Crippen molar-refractivity contribution >= 4 is 17.2 Å². The average Bonchev–Trinajstić information content (AvgIpc) is 2.79. The minimum Gasteiger partial charge on any atom is -0.369 e. The lowest BCUT2D eigenvalue weighted by atomic mass is 9.76. The Labute approximate surface area is 111 Å². The lowest BCUT2D eigenvalue weighted by Gasteiger charge is -2.29. The third-order valence-electron chi connectivity index (χ3n) is 3.37. The third-order valence-corrected chi connectivity index (χ3v) is 4.58. The summed E-state index contributed by atoms with van der Waals surface area (Å²) in [5.41, 5.74) is 7.17. The maximum absolute atomic E-state index is 12.1. The first-order valence-electron chi connectivity index (χ1n) is 6.02. The van der Waals surface area contributed by atoms with Gasteiger partial charge in [0.1, 0.15) is 5.41 Å². The molecule has 1 aromatic heterocycles. The molecule has 0 saturated carbocycles. The molecule has 0 saturated heterocycles. The molecule has 0 aliphatic heterocycles. The fourth-order valence-corrected chi connectivity index (χ4v) is 3.54. The van der Waals surface area contributed by atoms with Gasteiger partial charge < -0.3 is 5.73 Å². The van der Waals surface area contributed by atoms with Crippen LogP contribution >= 0.6 is 11.3 Å². The summed E-state index contributed by atoms with van der Waals surface area (Å²) < 4.78 is 0. The first-order chi connectivity index (χ1) is 8.61. The number of nitrogens with two attached hydrogens (primary N) is 1. The fourth-order valence-electron chi connectivity index (χ4n) is 2.34. The molecule has 1 unspecified atom stereocenters. The highest BCUT2D eigenvalue weighted by Gasteiger charge is 2.39. The van der Waals surface area contributed by atoms with Gasteiger partial charge in [-0.05, 0) is 35.9 Å². The molecule has 2 N–H and O–H groups in total. The molecule has 1 heterocycles. The Hall–Kier alpha value is -1.61. The number of rotatable bonds is 4. The number of aryl methyl sites for hydroxylation is 1. The van der Waals surface area contributed by atoms with Crippen molar-refractivity contribution in [1.29, 1.82) is 0 Å². The van der Waals surface area contributed by atoms with Crippen LogP contribution in [0.1, 0.15) is 29.3 Å². The number of hydrogen-bond donors (Lipinski definition) is 1. The maximum atomic E-state index is 12.1. The molecule has 0 fully saturated rings. The van der Waals surface area contributed by atoms with Crippen LogP contribution in [0.15, 0.2) is 41.8 Å². The number of carbonyl (C=O) groups excluding carboxylic acids is 1. The van der Waals surface area contributed by atoms with Crippen molar-refractivity contribution < 1.29 is 4.79 Å². The van der Waals surface area contributed by atoms with Crippen LogP contribution in [0.3, 0.4) is 0 Å². The summed E-state index contributed by atoms with van der Waals surface area (Å²) in [6, 6.07) is 11.9. The van der Waals surface area contributed by atoms with Gasteiger partial charge in [0.15, 0.2) is 0 Å². The molecular formula is C15H17NOS. The number of primary amides is 1. The smallest absolute Gasteiger partial charge is 0.233 e. The Kier molecular flexibility index (Phi) is 3.53. The second kappa shape index (κ2) is 4.94. The van der Waals surface area contributed by atoms with Gasteiger partial charge in [-0.1, -0.05) is 37.3 Å². The van der Waals surface area contributed by atoms with Crippen molar-refractivity contribution in [3.05, 3.63) is 57.8 Å². The van der Waals surface area contributed by atoms with Crippen molar-refractivity contribution in [2.45, 2.75) is 25.7 Å². The van der Waals surface area contributed by atoms with Gasteiger partial charge in [-0.2, -0.15) is 0 Å². The van der Waals surface area contributed by atoms with E-state index >= 15 is 0 Å². The molecule has 2 rings (SSSR count). The largest absolute Gasteiger partial charge is 0.369 e. The van der Waals surface area contributed by atoms with Gasteiger partial charge in [0.25, 0.3) is 0 Å². The topological polar surface area (TPSA) is 43.1 Å². The van der Waals surface area contributed by atoms with E-state index in [1.54, 1.807) is 11.3 Å². The van der Waals surface area contributed by atoms with Crippen molar-refractivity contribution in [3.8, 4) is 0 Å². The molecule has 2 nitrogen and oxygen atoms in total. The van der Waals surface area contributed by atoms with E-state index in [2.05, 4.69) is 11.4 Å². The summed E-state index contributed by atoms with van der Waals surface area (Å²) in [5, 5.41) is 2.06. The number of thiophene rings is 1. The van der Waals surface area contributed by atoms with Crippen LogP contribution in [0, 0.1) is 6.92 Å². The molecule has 0 bridgehead atoms. The second-order valence-electron chi connectivity index (χ2n) is 4.48. The summed E-state index contributed by atoms with van der Waals surface area (Å²) >= 11 is 1.60. The molecular weight excluding hydrogens is 242 g/mol. The van der Waals surface area contributed by atoms with Crippen LogP contribution in [0.2, 0.25) is 0 Å². The normalized spacial score (nSPS) is 14.1. The SMILES string of the molecule is CCC(C(N)=O)(c1ccccc1)c1cc(C)cs1. The Morgan fingerprint density at radius 1 is 1.33 bits per heavy atom. The van der Waals surface area contributed by atoms with Gasteiger partial charge in [-0.3, -0.25) is 4.79 Å². The third kappa shape index (κ3) is 1.95. The van der Waals surface area contributed by atoms with Gasteiger partial charge in [0.05, 0.1) is 0 Å². The monoisotopic (exact) mass is 259 g/mol.